The molecule has 0 rings (SSSR count). The van der Waals surface area contributed by atoms with Crippen LogP contribution in [-0.2, 0) is 27.2 Å². The minimum absolute atomic E-state index is 0.0301. The highest BCUT2D eigenvalue weighted by atomic mass is 31.2. The van der Waals surface area contributed by atoms with Crippen molar-refractivity contribution in [2.24, 2.45) is 0 Å². The molecule has 0 aliphatic heterocycles. The first kappa shape index (κ1) is 23.3. The molecule has 0 N–H and O–H groups in total. The van der Waals surface area contributed by atoms with Gasteiger partial charge in [0.15, 0.2) is 0 Å². The second-order valence-corrected chi connectivity index (χ2v) is 9.93. The monoisotopic (exact) mass is 373 g/mol. The van der Waals surface area contributed by atoms with Crippen molar-refractivity contribution in [3.8, 4) is 0 Å². The van der Waals surface area contributed by atoms with Gasteiger partial charge in [-0.15, -0.1) is 0 Å². The van der Waals surface area contributed by atoms with Gasteiger partial charge < -0.3 is 18.1 Å². The Labute approximate surface area is 141 Å². The van der Waals surface area contributed by atoms with Crippen LogP contribution in [0.3, 0.4) is 0 Å². The van der Waals surface area contributed by atoms with Crippen LogP contribution in [0.1, 0.15) is 48.5 Å². The fourth-order valence-corrected chi connectivity index (χ4v) is 6.00. The van der Waals surface area contributed by atoms with E-state index in [-0.39, 0.29) is 39.0 Å². The second-order valence-electron chi connectivity index (χ2n) is 5.89. The minimum Gasteiger partial charge on any atom is -0.308 e. The largest absolute Gasteiger partial charge is 0.344 e. The van der Waals surface area contributed by atoms with E-state index in [2.05, 4.69) is 0 Å². The summed E-state index contributed by atoms with van der Waals surface area (Å²) in [5, 5.41) is 0. The van der Waals surface area contributed by atoms with Gasteiger partial charge in [-0.1, -0.05) is 0 Å². The third kappa shape index (κ3) is 8.78. The van der Waals surface area contributed by atoms with Gasteiger partial charge >= 0.3 is 15.2 Å². The van der Waals surface area contributed by atoms with Crippen molar-refractivity contribution < 1.29 is 27.2 Å². The van der Waals surface area contributed by atoms with E-state index in [9.17, 15) is 9.13 Å². The van der Waals surface area contributed by atoms with Gasteiger partial charge in [0.25, 0.3) is 0 Å². The lowest BCUT2D eigenvalue weighted by atomic mass is 10.1. The van der Waals surface area contributed by atoms with Crippen LogP contribution in [-0.4, -0.2) is 49.4 Å². The Kier molecular flexibility index (Phi) is 10.4. The molecule has 0 spiro atoms. The van der Waals surface area contributed by atoms with E-state index in [1.165, 1.54) is 0 Å². The molecular formula is C14H33NO6P2. The van der Waals surface area contributed by atoms with Crippen LogP contribution >= 0.6 is 15.2 Å². The molecule has 0 aliphatic rings. The molecule has 0 aromatic heterocycles. The molecule has 0 heterocycles. The van der Waals surface area contributed by atoms with Crippen molar-refractivity contribution in [2.75, 3.05) is 39.0 Å². The number of hydrogen-bond acceptors (Lipinski definition) is 7. The summed E-state index contributed by atoms with van der Waals surface area (Å²) in [4.78, 5) is 1.78. The Morgan fingerprint density at radius 3 is 1.13 bits per heavy atom. The van der Waals surface area contributed by atoms with E-state index in [1.54, 1.807) is 32.6 Å². The Morgan fingerprint density at radius 1 is 0.696 bits per heavy atom. The van der Waals surface area contributed by atoms with Crippen LogP contribution in [0.2, 0.25) is 0 Å². The Hall–Kier alpha value is 0.260. The smallest absolute Gasteiger partial charge is 0.308 e. The standard InChI is InChI=1S/C14H33NO6P2/c1-8-18-22(16,19-9-2)12-15(14(5,6)7)13-23(17,20-10-3)21-11-4/h8-13H2,1-7H3. The second kappa shape index (κ2) is 10.3. The Balaban J connectivity index is 5.37. The molecule has 0 fully saturated rings. The number of hydrogen-bond donors (Lipinski definition) is 0. The van der Waals surface area contributed by atoms with Crippen LogP contribution in [0.4, 0.5) is 0 Å². The maximum Gasteiger partial charge on any atom is 0.344 e. The summed E-state index contributed by atoms with van der Waals surface area (Å²) in [6, 6.07) is 0. The zero-order valence-corrected chi connectivity index (χ0v) is 17.3. The van der Waals surface area contributed by atoms with E-state index in [0.29, 0.717) is 0 Å². The summed E-state index contributed by atoms with van der Waals surface area (Å²) in [6.45, 7) is 14.0. The van der Waals surface area contributed by atoms with Crippen LogP contribution in [0.25, 0.3) is 0 Å². The van der Waals surface area contributed by atoms with Gasteiger partial charge in [-0.05, 0) is 48.5 Å². The number of nitrogens with zero attached hydrogens (tertiary/aromatic N) is 1. The minimum atomic E-state index is -3.30. The SMILES string of the molecule is CCOP(=O)(CN(CP(=O)(OCC)OCC)C(C)(C)C)OCC. The zero-order chi connectivity index (χ0) is 18.1. The van der Waals surface area contributed by atoms with E-state index in [0.717, 1.165) is 0 Å². The molecule has 0 aliphatic carbocycles. The molecule has 7 nitrogen and oxygen atoms in total. The van der Waals surface area contributed by atoms with Crippen molar-refractivity contribution in [2.45, 2.75) is 54.0 Å². The molecule has 0 saturated carbocycles. The van der Waals surface area contributed by atoms with E-state index in [1.807, 2.05) is 20.8 Å². The molecule has 0 atom stereocenters. The van der Waals surface area contributed by atoms with Crippen molar-refractivity contribution in [1.29, 1.82) is 0 Å². The first-order chi connectivity index (χ1) is 10.6. The third-order valence-corrected chi connectivity index (χ3v) is 6.92. The summed E-state index contributed by atoms with van der Waals surface area (Å²) >= 11 is 0. The van der Waals surface area contributed by atoms with Gasteiger partial charge in [-0.3, -0.25) is 14.0 Å². The molecule has 0 amide bonds. The predicted octanol–water partition coefficient (Wildman–Crippen LogP) is 4.53. The van der Waals surface area contributed by atoms with Crippen LogP contribution in [0, 0.1) is 0 Å². The van der Waals surface area contributed by atoms with Gasteiger partial charge in [0.1, 0.15) is 12.6 Å². The van der Waals surface area contributed by atoms with Crippen LogP contribution in [0.15, 0.2) is 0 Å². The average Bonchev–Trinajstić information content (AvgIpc) is 2.37. The molecule has 0 saturated heterocycles. The summed E-state index contributed by atoms with van der Waals surface area (Å²) in [6.07, 6.45) is 0.0602. The predicted molar refractivity (Wildman–Crippen MR) is 93.0 cm³/mol. The average molecular weight is 373 g/mol. The summed E-state index contributed by atoms with van der Waals surface area (Å²) in [5.41, 5.74) is -0.409. The molecular weight excluding hydrogens is 340 g/mol. The maximum absolute atomic E-state index is 12.8. The van der Waals surface area contributed by atoms with Gasteiger partial charge in [0.2, 0.25) is 0 Å². The van der Waals surface area contributed by atoms with Gasteiger partial charge in [0, 0.05) is 5.54 Å². The maximum atomic E-state index is 12.8. The molecule has 9 heteroatoms. The fraction of sp³-hybridized carbons (Fsp3) is 1.00. The molecule has 0 unspecified atom stereocenters. The summed E-state index contributed by atoms with van der Waals surface area (Å²) in [5.74, 6) is 0. The Morgan fingerprint density at radius 2 is 0.957 bits per heavy atom. The summed E-state index contributed by atoms with van der Waals surface area (Å²) < 4.78 is 47.0. The quantitative estimate of drug-likeness (QED) is 0.465. The highest BCUT2D eigenvalue weighted by molar-refractivity contribution is 7.54. The highest BCUT2D eigenvalue weighted by Gasteiger charge is 2.38. The first-order valence-electron chi connectivity index (χ1n) is 8.07. The zero-order valence-electron chi connectivity index (χ0n) is 15.5. The van der Waals surface area contributed by atoms with Crippen molar-refractivity contribution in [3.63, 3.8) is 0 Å². The van der Waals surface area contributed by atoms with Crippen LogP contribution in [0.5, 0.6) is 0 Å². The van der Waals surface area contributed by atoms with Crippen molar-refractivity contribution >= 4 is 15.2 Å². The Bertz CT molecular complexity index is 372. The van der Waals surface area contributed by atoms with Gasteiger partial charge in [-0.25, -0.2) is 0 Å². The number of rotatable bonds is 12. The fourth-order valence-electron chi connectivity index (χ4n) is 1.91. The van der Waals surface area contributed by atoms with E-state index < -0.39 is 20.7 Å². The molecule has 0 bridgehead atoms. The van der Waals surface area contributed by atoms with E-state index in [4.69, 9.17) is 18.1 Å². The normalized spacial score (nSPS) is 13.7. The van der Waals surface area contributed by atoms with Gasteiger partial charge in [0.05, 0.1) is 26.4 Å². The lowest BCUT2D eigenvalue weighted by Gasteiger charge is -2.38. The molecule has 140 valence electrons. The third-order valence-electron chi connectivity index (χ3n) is 2.94. The lowest BCUT2D eigenvalue weighted by molar-refractivity contribution is 0.133. The molecule has 0 radical (unpaired) electrons. The lowest BCUT2D eigenvalue weighted by Crippen LogP contribution is -2.43. The van der Waals surface area contributed by atoms with E-state index >= 15 is 0 Å². The molecule has 0 aromatic rings. The molecule has 0 aromatic carbocycles. The highest BCUT2D eigenvalue weighted by Crippen LogP contribution is 2.54. The van der Waals surface area contributed by atoms with Gasteiger partial charge in [-0.2, -0.15) is 0 Å². The van der Waals surface area contributed by atoms with Crippen molar-refractivity contribution in [3.05, 3.63) is 0 Å². The first-order valence-corrected chi connectivity index (χ1v) is 11.5. The van der Waals surface area contributed by atoms with Crippen LogP contribution < -0.4 is 0 Å². The topological polar surface area (TPSA) is 74.3 Å². The summed E-state index contributed by atoms with van der Waals surface area (Å²) in [7, 11) is -6.60. The van der Waals surface area contributed by atoms with Crippen molar-refractivity contribution in [1.82, 2.24) is 4.90 Å². The molecule has 23 heavy (non-hydrogen) atoms.